The molecule has 0 aliphatic heterocycles. The minimum atomic E-state index is -1.17. The van der Waals surface area contributed by atoms with E-state index >= 15 is 0 Å². The first-order valence-electron chi connectivity index (χ1n) is 11.8. The van der Waals surface area contributed by atoms with Gasteiger partial charge < -0.3 is 29.9 Å². The fourth-order valence-corrected chi connectivity index (χ4v) is 4.94. The highest BCUT2D eigenvalue weighted by Crippen LogP contribution is 2.37. The van der Waals surface area contributed by atoms with E-state index in [1.165, 1.54) is 31.1 Å². The summed E-state index contributed by atoms with van der Waals surface area (Å²) in [4.78, 5) is 38.5. The Morgan fingerprint density at radius 3 is 2.54 bits per heavy atom. The van der Waals surface area contributed by atoms with E-state index < -0.39 is 24.2 Å². The molecule has 37 heavy (non-hydrogen) atoms. The second kappa shape index (κ2) is 13.0. The van der Waals surface area contributed by atoms with Crippen molar-refractivity contribution in [1.82, 2.24) is 10.2 Å². The molecule has 3 N–H and O–H groups in total. The molecule has 0 heterocycles. The summed E-state index contributed by atoms with van der Waals surface area (Å²) in [6.45, 7) is 3.47. The Hall–Kier alpha value is -2.96. The van der Waals surface area contributed by atoms with Crippen molar-refractivity contribution in [2.75, 3.05) is 20.3 Å². The number of halogens is 1. The van der Waals surface area contributed by atoms with Gasteiger partial charge in [-0.1, -0.05) is 29.8 Å². The molecule has 2 aromatic carbocycles. The van der Waals surface area contributed by atoms with E-state index in [1.54, 1.807) is 6.07 Å². The van der Waals surface area contributed by atoms with Crippen molar-refractivity contribution in [2.45, 2.75) is 45.1 Å². The maximum atomic E-state index is 12.9. The first-order chi connectivity index (χ1) is 17.7. The number of aryl methyl sites for hydroxylation is 1. The molecular weight excluding hydrogens is 591 g/mol. The number of carbonyl (C=O) groups is 3. The Balaban J connectivity index is 1.99. The van der Waals surface area contributed by atoms with E-state index in [-0.39, 0.29) is 32.0 Å². The van der Waals surface area contributed by atoms with Gasteiger partial charge in [0.05, 0.1) is 23.3 Å². The van der Waals surface area contributed by atoms with Crippen LogP contribution in [-0.2, 0) is 16.1 Å². The van der Waals surface area contributed by atoms with Gasteiger partial charge in [-0.3, -0.25) is 14.4 Å². The Bertz CT molecular complexity index is 1170. The number of hydrogen-bond donors (Lipinski definition) is 3. The molecular formula is C27H31IN2O7. The first-order valence-corrected chi connectivity index (χ1v) is 12.9. The van der Waals surface area contributed by atoms with E-state index in [4.69, 9.17) is 14.6 Å². The maximum Gasteiger partial charge on any atom is 0.247 e. The molecule has 10 heteroatoms. The zero-order valence-corrected chi connectivity index (χ0v) is 23.1. The second-order valence-electron chi connectivity index (χ2n) is 8.80. The Labute approximate surface area is 229 Å². The van der Waals surface area contributed by atoms with Gasteiger partial charge in [-0.25, -0.2) is 0 Å². The lowest BCUT2D eigenvalue weighted by atomic mass is 9.88. The fourth-order valence-electron chi connectivity index (χ4n) is 4.19. The number of benzene rings is 2. The summed E-state index contributed by atoms with van der Waals surface area (Å²) < 4.78 is 12.2. The van der Waals surface area contributed by atoms with Crippen LogP contribution in [0.3, 0.4) is 0 Å². The van der Waals surface area contributed by atoms with E-state index in [2.05, 4.69) is 5.32 Å². The Morgan fingerprint density at radius 1 is 1.24 bits per heavy atom. The highest BCUT2D eigenvalue weighted by atomic mass is 127. The second-order valence-corrected chi connectivity index (χ2v) is 9.96. The number of hydrogen-bond acceptors (Lipinski definition) is 7. The van der Waals surface area contributed by atoms with Crippen LogP contribution >= 0.6 is 22.6 Å². The highest BCUT2D eigenvalue weighted by Gasteiger charge is 2.40. The molecule has 3 unspecified atom stereocenters. The lowest BCUT2D eigenvalue weighted by Gasteiger charge is -2.40. The molecule has 9 nitrogen and oxygen atoms in total. The Morgan fingerprint density at radius 2 is 1.95 bits per heavy atom. The number of methoxy groups -OCH3 is 1. The van der Waals surface area contributed by atoms with Crippen LogP contribution < -0.4 is 14.8 Å². The van der Waals surface area contributed by atoms with Crippen LogP contribution in [0, 0.1) is 10.5 Å². The third-order valence-electron chi connectivity index (χ3n) is 6.13. The maximum absolute atomic E-state index is 12.9. The van der Waals surface area contributed by atoms with Crippen molar-refractivity contribution in [3.05, 3.63) is 68.3 Å². The fraction of sp³-hybridized carbons (Fsp3) is 0.370. The summed E-state index contributed by atoms with van der Waals surface area (Å²) in [5, 5.41) is 23.2. The van der Waals surface area contributed by atoms with Gasteiger partial charge in [-0.2, -0.15) is 0 Å². The van der Waals surface area contributed by atoms with Crippen molar-refractivity contribution < 1.29 is 34.1 Å². The normalized spacial score (nSPS) is 19.0. The predicted octanol–water partition coefficient (Wildman–Crippen LogP) is 2.38. The van der Waals surface area contributed by atoms with Crippen molar-refractivity contribution in [3.8, 4) is 11.5 Å². The third-order valence-corrected chi connectivity index (χ3v) is 6.94. The molecule has 1 aliphatic rings. The Kier molecular flexibility index (Phi) is 10.1. The summed E-state index contributed by atoms with van der Waals surface area (Å²) in [5.74, 6) is -0.0806. The lowest BCUT2D eigenvalue weighted by molar-refractivity contribution is -0.137. The number of nitrogens with one attached hydrogen (secondary N) is 1. The molecule has 0 spiro atoms. The summed E-state index contributed by atoms with van der Waals surface area (Å²) in [6, 6.07) is 10.1. The van der Waals surface area contributed by atoms with Crippen molar-refractivity contribution in [3.63, 3.8) is 0 Å². The number of ether oxygens (including phenoxy) is 2. The minimum Gasteiger partial charge on any atom is -0.493 e. The van der Waals surface area contributed by atoms with Crippen LogP contribution in [0.1, 0.15) is 34.8 Å². The van der Waals surface area contributed by atoms with E-state index in [1.807, 2.05) is 53.8 Å². The largest absolute Gasteiger partial charge is 0.493 e. The smallest absolute Gasteiger partial charge is 0.247 e. The predicted molar refractivity (Wildman–Crippen MR) is 146 cm³/mol. The molecule has 0 radical (unpaired) electrons. The van der Waals surface area contributed by atoms with Crippen LogP contribution in [0.15, 0.2) is 48.0 Å². The van der Waals surface area contributed by atoms with Crippen LogP contribution in [-0.4, -0.2) is 71.7 Å². The number of rotatable bonds is 10. The summed E-state index contributed by atoms with van der Waals surface area (Å²) in [6.07, 6.45) is 0.149. The lowest BCUT2D eigenvalue weighted by Crippen LogP contribution is -2.54. The van der Waals surface area contributed by atoms with E-state index in [9.17, 15) is 19.5 Å². The molecule has 0 bridgehead atoms. The number of aldehydes is 1. The van der Waals surface area contributed by atoms with Crippen molar-refractivity contribution in [2.24, 2.45) is 0 Å². The number of nitrogens with zero attached hydrogens (tertiary/aromatic N) is 1. The first kappa shape index (κ1) is 28.6. The summed E-state index contributed by atoms with van der Waals surface area (Å²) in [5.41, 5.74) is 2.68. The van der Waals surface area contributed by atoms with Crippen LogP contribution in [0.5, 0.6) is 11.5 Å². The molecule has 2 amide bonds. The molecule has 0 fully saturated rings. The van der Waals surface area contributed by atoms with Crippen molar-refractivity contribution >= 4 is 40.7 Å². The van der Waals surface area contributed by atoms with E-state index in [0.29, 0.717) is 32.5 Å². The van der Waals surface area contributed by atoms with Gasteiger partial charge in [0, 0.05) is 37.6 Å². The quantitative estimate of drug-likeness (QED) is 0.275. The molecule has 3 atom stereocenters. The highest BCUT2D eigenvalue weighted by molar-refractivity contribution is 14.1. The SMILES string of the molecule is COc1cc(C=O)cc(I)c1OC1C=C(C(=O)NCCO)CC(N(Cc2ccc(C)cc2)C(C)=O)C1O. The van der Waals surface area contributed by atoms with Gasteiger partial charge in [0.15, 0.2) is 11.5 Å². The number of aliphatic hydroxyl groups is 2. The topological polar surface area (TPSA) is 125 Å². The van der Waals surface area contributed by atoms with Gasteiger partial charge in [-0.05, 0) is 53.3 Å². The zero-order valence-electron chi connectivity index (χ0n) is 20.9. The monoisotopic (exact) mass is 622 g/mol. The molecule has 0 aromatic heterocycles. The van der Waals surface area contributed by atoms with E-state index in [0.717, 1.165) is 11.1 Å². The van der Waals surface area contributed by atoms with Crippen LogP contribution in [0.25, 0.3) is 0 Å². The summed E-state index contributed by atoms with van der Waals surface area (Å²) in [7, 11) is 1.44. The van der Waals surface area contributed by atoms with Crippen molar-refractivity contribution in [1.29, 1.82) is 0 Å². The average molecular weight is 622 g/mol. The average Bonchev–Trinajstić information content (AvgIpc) is 2.88. The van der Waals surface area contributed by atoms with Gasteiger partial charge >= 0.3 is 0 Å². The number of carbonyl (C=O) groups excluding carboxylic acids is 3. The van der Waals surface area contributed by atoms with Crippen LogP contribution in [0.2, 0.25) is 0 Å². The number of amides is 2. The van der Waals surface area contributed by atoms with Gasteiger partial charge in [0.1, 0.15) is 18.5 Å². The molecule has 0 saturated heterocycles. The number of aliphatic hydroxyl groups excluding tert-OH is 2. The molecule has 198 valence electrons. The zero-order chi connectivity index (χ0) is 27.1. The molecule has 0 saturated carbocycles. The van der Waals surface area contributed by atoms with Gasteiger partial charge in [0.25, 0.3) is 0 Å². The standard InChI is InChI=1S/C27H31IN2O7/c1-16-4-6-18(7-5-16)14-30(17(2)33)22-12-20(27(35)29-8-9-31)13-23(25(22)34)37-26-21(28)10-19(15-32)11-24(26)36-3/h4-7,10-11,13,15,22-23,25,31,34H,8-9,12,14H2,1-3H3,(H,29,35). The minimum absolute atomic E-state index is 0.0631. The molecule has 3 rings (SSSR count). The van der Waals surface area contributed by atoms with Gasteiger partial charge in [0.2, 0.25) is 11.8 Å². The molecule has 2 aromatic rings. The third kappa shape index (κ3) is 7.08. The van der Waals surface area contributed by atoms with Crippen LogP contribution in [0.4, 0.5) is 0 Å². The molecule has 1 aliphatic carbocycles. The van der Waals surface area contributed by atoms with Gasteiger partial charge in [-0.15, -0.1) is 0 Å². The summed E-state index contributed by atoms with van der Waals surface area (Å²) >= 11 is 2.01.